The molecule has 0 aromatic heterocycles. The van der Waals surface area contributed by atoms with Crippen LogP contribution in [0, 0.1) is 10.1 Å². The Bertz CT molecular complexity index is 543. The summed E-state index contributed by atoms with van der Waals surface area (Å²) in [5, 5.41) is 11.3. The van der Waals surface area contributed by atoms with Crippen LogP contribution in [0.4, 0.5) is 0 Å². The zero-order valence-corrected chi connectivity index (χ0v) is 15.2. The molecule has 0 N–H and O–H groups in total. The molecule has 0 saturated carbocycles. The second kappa shape index (κ2) is 6.84. The highest BCUT2D eigenvalue weighted by molar-refractivity contribution is 5.35. The fraction of sp³-hybridized carbons (Fsp3) is 0.778. The lowest BCUT2D eigenvalue weighted by Gasteiger charge is -2.44. The lowest BCUT2D eigenvalue weighted by molar-refractivity contribution is -0.549. The molecule has 0 aromatic rings. The molecule has 24 heavy (non-hydrogen) atoms. The Kier molecular flexibility index (Phi) is 4.97. The smallest absolute Gasteiger partial charge is 0.241 e. The normalized spacial score (nSPS) is 30.9. The minimum atomic E-state index is -0.941. The quantitative estimate of drug-likeness (QED) is 0.583. The van der Waals surface area contributed by atoms with Gasteiger partial charge in [0.2, 0.25) is 5.54 Å². The van der Waals surface area contributed by atoms with Crippen molar-refractivity contribution >= 4 is 0 Å². The molecule has 0 aromatic carbocycles. The molecule has 3 rings (SSSR count). The minimum Gasteiger partial charge on any atom is -0.369 e. The van der Waals surface area contributed by atoms with E-state index in [9.17, 15) is 10.1 Å². The third-order valence-electron chi connectivity index (χ3n) is 5.92. The maximum absolute atomic E-state index is 11.3. The van der Waals surface area contributed by atoms with E-state index in [1.165, 1.54) is 31.6 Å². The van der Waals surface area contributed by atoms with Crippen molar-refractivity contribution in [3.8, 4) is 0 Å². The summed E-state index contributed by atoms with van der Waals surface area (Å²) in [6.45, 7) is 10.4. The molecule has 1 unspecified atom stereocenters. The van der Waals surface area contributed by atoms with Gasteiger partial charge < -0.3 is 9.80 Å². The minimum absolute atomic E-state index is 0.165. The van der Waals surface area contributed by atoms with Gasteiger partial charge in [-0.15, -0.1) is 0 Å². The van der Waals surface area contributed by atoms with Gasteiger partial charge in [-0.05, 0) is 51.6 Å². The molecule has 3 aliphatic rings. The van der Waals surface area contributed by atoms with Gasteiger partial charge in [-0.1, -0.05) is 6.08 Å². The summed E-state index contributed by atoms with van der Waals surface area (Å²) in [4.78, 5) is 18.6. The highest BCUT2D eigenvalue weighted by Gasteiger charge is 2.37. The molecule has 6 heteroatoms. The summed E-state index contributed by atoms with van der Waals surface area (Å²) in [5.41, 5.74) is 1.31. The number of piperidine rings is 1. The van der Waals surface area contributed by atoms with Crippen LogP contribution in [0.2, 0.25) is 0 Å². The molecule has 2 fully saturated rings. The molecule has 6 nitrogen and oxygen atoms in total. The van der Waals surface area contributed by atoms with E-state index in [4.69, 9.17) is 0 Å². The molecule has 2 aliphatic heterocycles. The van der Waals surface area contributed by atoms with E-state index in [1.54, 1.807) is 6.92 Å². The van der Waals surface area contributed by atoms with Crippen LogP contribution in [0.5, 0.6) is 0 Å². The zero-order chi connectivity index (χ0) is 17.3. The first-order valence-corrected chi connectivity index (χ1v) is 9.11. The van der Waals surface area contributed by atoms with Gasteiger partial charge >= 0.3 is 0 Å². The van der Waals surface area contributed by atoms with Crippen molar-refractivity contribution in [1.82, 2.24) is 14.7 Å². The number of hydrogen-bond donors (Lipinski definition) is 0. The largest absolute Gasteiger partial charge is 0.369 e. The molecule has 0 radical (unpaired) electrons. The third-order valence-corrected chi connectivity index (χ3v) is 5.92. The van der Waals surface area contributed by atoms with E-state index in [-0.39, 0.29) is 4.92 Å². The topological polar surface area (TPSA) is 52.9 Å². The Balaban J connectivity index is 1.57. The van der Waals surface area contributed by atoms with Crippen molar-refractivity contribution in [2.75, 3.05) is 46.3 Å². The molecule has 2 saturated heterocycles. The molecule has 1 aliphatic carbocycles. The van der Waals surface area contributed by atoms with Crippen molar-refractivity contribution in [3.63, 3.8) is 0 Å². The van der Waals surface area contributed by atoms with E-state index in [2.05, 4.69) is 27.8 Å². The van der Waals surface area contributed by atoms with Gasteiger partial charge in [0.25, 0.3) is 0 Å². The molecule has 0 spiro atoms. The van der Waals surface area contributed by atoms with Crippen molar-refractivity contribution in [2.45, 2.75) is 44.7 Å². The van der Waals surface area contributed by atoms with Gasteiger partial charge in [0, 0.05) is 56.2 Å². The number of likely N-dealkylation sites (tertiary alicyclic amines) is 1. The Morgan fingerprint density at radius 1 is 1.17 bits per heavy atom. The molecule has 2 heterocycles. The maximum atomic E-state index is 11.3. The summed E-state index contributed by atoms with van der Waals surface area (Å²) in [6, 6.07) is 0.734. The van der Waals surface area contributed by atoms with Crippen LogP contribution < -0.4 is 0 Å². The number of allylic oxidation sites excluding steroid dienone is 1. The molecule has 134 valence electrons. The van der Waals surface area contributed by atoms with E-state index < -0.39 is 5.54 Å². The van der Waals surface area contributed by atoms with E-state index in [0.29, 0.717) is 6.42 Å². The number of rotatable bonds is 3. The van der Waals surface area contributed by atoms with Gasteiger partial charge in [-0.2, -0.15) is 0 Å². The van der Waals surface area contributed by atoms with Gasteiger partial charge in [-0.3, -0.25) is 15.0 Å². The average molecular weight is 334 g/mol. The lowest BCUT2D eigenvalue weighted by Crippen LogP contribution is -2.52. The highest BCUT2D eigenvalue weighted by atomic mass is 16.6. The van der Waals surface area contributed by atoms with Crippen molar-refractivity contribution in [2.24, 2.45) is 0 Å². The van der Waals surface area contributed by atoms with E-state index >= 15 is 0 Å². The Morgan fingerprint density at radius 3 is 2.33 bits per heavy atom. The van der Waals surface area contributed by atoms with Crippen molar-refractivity contribution < 1.29 is 4.92 Å². The summed E-state index contributed by atoms with van der Waals surface area (Å²) < 4.78 is 0. The van der Waals surface area contributed by atoms with Crippen LogP contribution in [0.25, 0.3) is 0 Å². The van der Waals surface area contributed by atoms with Crippen LogP contribution in [0.3, 0.4) is 0 Å². The standard InChI is InChI=1S/C18H30N4O2/c1-15-14-18(2,22(23)24)7-4-17(15)21-12-10-20(11-13-21)16-5-8-19(3)9-6-16/h4,14,16H,5-13H2,1-3H3. The molecule has 0 bridgehead atoms. The maximum Gasteiger partial charge on any atom is 0.241 e. The fourth-order valence-corrected chi connectivity index (χ4v) is 4.26. The summed E-state index contributed by atoms with van der Waals surface area (Å²) in [5.74, 6) is 0. The first-order valence-electron chi connectivity index (χ1n) is 9.11. The number of nitrogens with zero attached hydrogens (tertiary/aromatic N) is 4. The monoisotopic (exact) mass is 334 g/mol. The SMILES string of the molecule is CC1=CC(C)([N+](=O)[O-])CC=C1N1CCN(C2CCN(C)CC2)CC1. The van der Waals surface area contributed by atoms with Crippen LogP contribution in [0.15, 0.2) is 23.4 Å². The third kappa shape index (κ3) is 3.49. The van der Waals surface area contributed by atoms with Crippen molar-refractivity contribution in [3.05, 3.63) is 33.5 Å². The molecule has 0 amide bonds. The molecule has 1 atom stereocenters. The number of hydrogen-bond acceptors (Lipinski definition) is 5. The number of piperazine rings is 1. The predicted molar refractivity (Wildman–Crippen MR) is 95.5 cm³/mol. The van der Waals surface area contributed by atoms with Crippen LogP contribution in [-0.4, -0.2) is 77.5 Å². The lowest BCUT2D eigenvalue weighted by atomic mass is 9.88. The summed E-state index contributed by atoms with van der Waals surface area (Å²) in [7, 11) is 2.21. The van der Waals surface area contributed by atoms with Gasteiger partial charge in [0.1, 0.15) is 0 Å². The van der Waals surface area contributed by atoms with Gasteiger partial charge in [-0.25, -0.2) is 0 Å². The second-order valence-corrected chi connectivity index (χ2v) is 7.79. The molecular weight excluding hydrogens is 304 g/mol. The fourth-order valence-electron chi connectivity index (χ4n) is 4.26. The van der Waals surface area contributed by atoms with Crippen LogP contribution >= 0.6 is 0 Å². The average Bonchev–Trinajstić information content (AvgIpc) is 2.56. The van der Waals surface area contributed by atoms with Crippen LogP contribution in [0.1, 0.15) is 33.1 Å². The van der Waals surface area contributed by atoms with Gasteiger partial charge in [0.15, 0.2) is 0 Å². The van der Waals surface area contributed by atoms with Crippen LogP contribution in [-0.2, 0) is 0 Å². The molecular formula is C18H30N4O2. The Hall–Kier alpha value is -1.40. The van der Waals surface area contributed by atoms with E-state index in [1.807, 2.05) is 13.0 Å². The first kappa shape index (κ1) is 17.4. The predicted octanol–water partition coefficient (Wildman–Crippen LogP) is 1.97. The Morgan fingerprint density at radius 2 is 1.79 bits per heavy atom. The Labute approximate surface area is 144 Å². The van der Waals surface area contributed by atoms with Gasteiger partial charge in [0.05, 0.1) is 0 Å². The second-order valence-electron chi connectivity index (χ2n) is 7.79. The zero-order valence-electron chi connectivity index (χ0n) is 15.2. The van der Waals surface area contributed by atoms with E-state index in [0.717, 1.165) is 37.8 Å². The summed E-state index contributed by atoms with van der Waals surface area (Å²) >= 11 is 0. The number of nitro groups is 1. The highest BCUT2D eigenvalue weighted by Crippen LogP contribution is 2.31. The van der Waals surface area contributed by atoms with Crippen molar-refractivity contribution in [1.29, 1.82) is 0 Å². The first-order chi connectivity index (χ1) is 11.4. The summed E-state index contributed by atoms with van der Waals surface area (Å²) in [6.07, 6.45) is 6.95.